The third kappa shape index (κ3) is 3.94. The molecule has 28 heavy (non-hydrogen) atoms. The first-order chi connectivity index (χ1) is 13.7. The Morgan fingerprint density at radius 3 is 2.54 bits per heavy atom. The van der Waals surface area contributed by atoms with Crippen molar-refractivity contribution in [2.45, 2.75) is 13.1 Å². The van der Waals surface area contributed by atoms with Crippen LogP contribution in [0.25, 0.3) is 5.82 Å². The van der Waals surface area contributed by atoms with Crippen molar-refractivity contribution in [3.05, 3.63) is 95.2 Å². The number of hydrogen-bond acceptors (Lipinski definition) is 4. The van der Waals surface area contributed by atoms with Gasteiger partial charge in [0.1, 0.15) is 0 Å². The minimum atomic E-state index is -0.309. The lowest BCUT2D eigenvalue weighted by Gasteiger charge is -2.10. The topological polar surface area (TPSA) is 77.6 Å². The summed E-state index contributed by atoms with van der Waals surface area (Å²) < 4.78 is 3.52. The fraction of sp³-hybridized carbons (Fsp3) is 0.100. The van der Waals surface area contributed by atoms with Crippen LogP contribution in [0.3, 0.4) is 0 Å². The molecule has 0 unspecified atom stereocenters. The molecule has 4 aromatic rings. The number of carbonyl (C=O) groups excluding carboxylic acids is 1. The molecule has 3 heterocycles. The molecule has 0 fully saturated rings. The van der Waals surface area contributed by atoms with Gasteiger partial charge in [0.25, 0.3) is 5.91 Å². The predicted octanol–water partition coefficient (Wildman–Crippen LogP) is 3.10. The number of halogens is 1. The van der Waals surface area contributed by atoms with Gasteiger partial charge in [0, 0.05) is 23.6 Å². The fourth-order valence-electron chi connectivity index (χ4n) is 2.81. The van der Waals surface area contributed by atoms with Gasteiger partial charge in [-0.05, 0) is 42.0 Å². The van der Waals surface area contributed by atoms with E-state index < -0.39 is 0 Å². The summed E-state index contributed by atoms with van der Waals surface area (Å²) >= 11 is 5.96. The molecule has 0 atom stereocenters. The Balaban J connectivity index is 1.61. The summed E-state index contributed by atoms with van der Waals surface area (Å²) in [6.45, 7) is 0.778. The van der Waals surface area contributed by atoms with Crippen LogP contribution in [0.15, 0.2) is 73.2 Å². The number of aromatic nitrogens is 5. The van der Waals surface area contributed by atoms with E-state index in [0.717, 1.165) is 11.3 Å². The summed E-state index contributed by atoms with van der Waals surface area (Å²) in [5, 5.41) is 11.9. The average Bonchev–Trinajstić information content (AvgIpc) is 3.38. The minimum absolute atomic E-state index is 0.251. The van der Waals surface area contributed by atoms with Crippen molar-refractivity contribution in [3.63, 3.8) is 0 Å². The van der Waals surface area contributed by atoms with Gasteiger partial charge in [-0.25, -0.2) is 4.68 Å². The van der Waals surface area contributed by atoms with E-state index in [4.69, 9.17) is 11.6 Å². The second-order valence-corrected chi connectivity index (χ2v) is 6.58. The Morgan fingerprint density at radius 1 is 1.04 bits per heavy atom. The Hall–Kier alpha value is -3.45. The first-order valence-electron chi connectivity index (χ1n) is 8.70. The van der Waals surface area contributed by atoms with Gasteiger partial charge >= 0.3 is 0 Å². The number of carbonyl (C=O) groups is 1. The van der Waals surface area contributed by atoms with Crippen LogP contribution in [-0.2, 0) is 13.1 Å². The second kappa shape index (κ2) is 8.06. The molecule has 0 saturated heterocycles. The Labute approximate surface area is 166 Å². The van der Waals surface area contributed by atoms with Gasteiger partial charge in [-0.3, -0.25) is 9.78 Å². The van der Waals surface area contributed by atoms with E-state index in [1.807, 2.05) is 71.6 Å². The first kappa shape index (κ1) is 17.9. The Morgan fingerprint density at radius 2 is 1.82 bits per heavy atom. The summed E-state index contributed by atoms with van der Waals surface area (Å²) in [5.41, 5.74) is 2.02. The lowest BCUT2D eigenvalue weighted by Crippen LogP contribution is -2.25. The number of nitrogens with one attached hydrogen (secondary N) is 1. The van der Waals surface area contributed by atoms with Gasteiger partial charge in [-0.1, -0.05) is 35.0 Å². The van der Waals surface area contributed by atoms with Crippen LogP contribution in [0.1, 0.15) is 21.7 Å². The lowest BCUT2D eigenvalue weighted by atomic mass is 10.2. The van der Waals surface area contributed by atoms with E-state index in [1.54, 1.807) is 10.9 Å². The molecular weight excluding hydrogens is 376 g/mol. The SMILES string of the molecule is O=C(NCc1ccccn1)c1nnn(Cc2ccc(Cl)cc2)c1-n1cccc1. The van der Waals surface area contributed by atoms with Crippen LogP contribution < -0.4 is 5.32 Å². The molecule has 1 N–H and O–H groups in total. The van der Waals surface area contributed by atoms with Gasteiger partial charge in [0.2, 0.25) is 0 Å². The normalized spacial score (nSPS) is 10.8. The number of benzene rings is 1. The smallest absolute Gasteiger partial charge is 0.276 e. The van der Waals surface area contributed by atoms with E-state index in [9.17, 15) is 4.79 Å². The van der Waals surface area contributed by atoms with Crippen LogP contribution in [0.2, 0.25) is 5.02 Å². The summed E-state index contributed by atoms with van der Waals surface area (Å²) in [7, 11) is 0. The van der Waals surface area contributed by atoms with Crippen molar-refractivity contribution in [1.82, 2.24) is 29.9 Å². The molecule has 1 aromatic carbocycles. The highest BCUT2D eigenvalue weighted by molar-refractivity contribution is 6.30. The van der Waals surface area contributed by atoms with Gasteiger partial charge in [0.05, 0.1) is 18.8 Å². The number of amides is 1. The van der Waals surface area contributed by atoms with Crippen molar-refractivity contribution in [2.75, 3.05) is 0 Å². The van der Waals surface area contributed by atoms with E-state index in [2.05, 4.69) is 20.6 Å². The predicted molar refractivity (Wildman–Crippen MR) is 105 cm³/mol. The van der Waals surface area contributed by atoms with E-state index in [-0.39, 0.29) is 11.6 Å². The van der Waals surface area contributed by atoms with Gasteiger partial charge < -0.3 is 9.88 Å². The molecular formula is C20H17ClN6O. The molecule has 140 valence electrons. The molecule has 0 spiro atoms. The molecule has 0 bridgehead atoms. The third-order valence-corrected chi connectivity index (χ3v) is 4.43. The van der Waals surface area contributed by atoms with Crippen LogP contribution >= 0.6 is 11.6 Å². The van der Waals surface area contributed by atoms with Gasteiger partial charge in [-0.15, -0.1) is 5.10 Å². The summed E-state index contributed by atoms with van der Waals surface area (Å²) in [6, 6.07) is 16.8. The lowest BCUT2D eigenvalue weighted by molar-refractivity contribution is 0.0945. The van der Waals surface area contributed by atoms with Crippen LogP contribution in [0, 0.1) is 0 Å². The molecule has 0 aliphatic rings. The monoisotopic (exact) mass is 392 g/mol. The molecule has 0 saturated carbocycles. The summed E-state index contributed by atoms with van der Waals surface area (Å²) in [4.78, 5) is 17.0. The van der Waals surface area contributed by atoms with Crippen molar-refractivity contribution in [3.8, 4) is 5.82 Å². The number of hydrogen-bond donors (Lipinski definition) is 1. The first-order valence-corrected chi connectivity index (χ1v) is 9.08. The molecule has 0 radical (unpaired) electrons. The Bertz CT molecular complexity index is 1060. The molecule has 3 aromatic heterocycles. The maximum Gasteiger partial charge on any atom is 0.276 e. The van der Waals surface area contributed by atoms with Crippen molar-refractivity contribution in [2.24, 2.45) is 0 Å². The third-order valence-electron chi connectivity index (χ3n) is 4.17. The Kier molecular flexibility index (Phi) is 5.16. The molecule has 0 aliphatic heterocycles. The standard InChI is InChI=1S/C20H17ClN6O/c21-16-8-6-15(7-9-16)14-27-20(26-11-3-4-12-26)18(24-25-27)19(28)23-13-17-5-1-2-10-22-17/h1-12H,13-14H2,(H,23,28). The maximum atomic E-state index is 12.8. The zero-order valence-electron chi connectivity index (χ0n) is 14.9. The second-order valence-electron chi connectivity index (χ2n) is 6.14. The van der Waals surface area contributed by atoms with Crippen LogP contribution in [0.4, 0.5) is 0 Å². The number of nitrogens with zero attached hydrogens (tertiary/aromatic N) is 5. The fourth-order valence-corrected chi connectivity index (χ4v) is 2.94. The van der Waals surface area contributed by atoms with Crippen LogP contribution in [-0.4, -0.2) is 30.5 Å². The average molecular weight is 393 g/mol. The molecule has 0 aliphatic carbocycles. The highest BCUT2D eigenvalue weighted by Gasteiger charge is 2.21. The zero-order valence-corrected chi connectivity index (χ0v) is 15.6. The molecule has 4 rings (SSSR count). The van der Waals surface area contributed by atoms with Gasteiger partial charge in [0.15, 0.2) is 11.5 Å². The van der Waals surface area contributed by atoms with E-state index >= 15 is 0 Å². The number of pyridine rings is 1. The van der Waals surface area contributed by atoms with Crippen molar-refractivity contribution < 1.29 is 4.79 Å². The molecule has 7 nitrogen and oxygen atoms in total. The molecule has 1 amide bonds. The largest absolute Gasteiger partial charge is 0.345 e. The minimum Gasteiger partial charge on any atom is -0.345 e. The quantitative estimate of drug-likeness (QED) is 0.547. The van der Waals surface area contributed by atoms with Crippen molar-refractivity contribution in [1.29, 1.82) is 0 Å². The highest BCUT2D eigenvalue weighted by Crippen LogP contribution is 2.16. The van der Waals surface area contributed by atoms with E-state index in [1.165, 1.54) is 0 Å². The maximum absolute atomic E-state index is 12.8. The summed E-state index contributed by atoms with van der Waals surface area (Å²) in [6.07, 6.45) is 5.40. The number of rotatable bonds is 6. The van der Waals surface area contributed by atoms with Crippen LogP contribution in [0.5, 0.6) is 0 Å². The molecule has 8 heteroatoms. The highest BCUT2D eigenvalue weighted by atomic mass is 35.5. The van der Waals surface area contributed by atoms with Crippen molar-refractivity contribution >= 4 is 17.5 Å². The van der Waals surface area contributed by atoms with E-state index in [0.29, 0.717) is 23.9 Å². The zero-order chi connectivity index (χ0) is 19.3. The van der Waals surface area contributed by atoms with Gasteiger partial charge in [-0.2, -0.15) is 0 Å². The summed E-state index contributed by atoms with van der Waals surface area (Å²) in [5.74, 6) is 0.287.